The van der Waals surface area contributed by atoms with Crippen LogP contribution in [0, 0.1) is 11.3 Å². The van der Waals surface area contributed by atoms with E-state index in [2.05, 4.69) is 13.8 Å². The average Bonchev–Trinajstić information content (AvgIpc) is 2.10. The van der Waals surface area contributed by atoms with Gasteiger partial charge < -0.3 is 9.84 Å². The highest BCUT2D eigenvalue weighted by atomic mass is 16.5. The van der Waals surface area contributed by atoms with E-state index in [0.29, 0.717) is 12.3 Å². The molecule has 15 heavy (non-hydrogen) atoms. The second kappa shape index (κ2) is 6.83. The van der Waals surface area contributed by atoms with Crippen LogP contribution in [-0.4, -0.2) is 24.3 Å². The lowest BCUT2D eigenvalue weighted by Crippen LogP contribution is -2.23. The van der Waals surface area contributed by atoms with E-state index in [4.69, 9.17) is 9.84 Å². The second-order valence-corrected chi connectivity index (χ2v) is 5.11. The molecule has 0 fully saturated rings. The molecule has 0 aromatic heterocycles. The summed E-state index contributed by atoms with van der Waals surface area (Å²) in [5, 5.41) is 8.89. The fraction of sp³-hybridized carbons (Fsp3) is 0.917. The van der Waals surface area contributed by atoms with E-state index in [1.165, 1.54) is 0 Å². The minimum Gasteiger partial charge on any atom is -0.481 e. The molecule has 3 heteroatoms. The zero-order valence-electron chi connectivity index (χ0n) is 10.4. The van der Waals surface area contributed by atoms with Gasteiger partial charge in [-0.25, -0.2) is 0 Å². The number of carboxylic acid groups (broad SMARTS) is 1. The molecular weight excluding hydrogens is 192 g/mol. The van der Waals surface area contributed by atoms with Gasteiger partial charge in [-0.05, 0) is 32.6 Å². The predicted molar refractivity (Wildman–Crippen MR) is 60.9 cm³/mol. The largest absolute Gasteiger partial charge is 0.481 e. The third kappa shape index (κ3) is 7.37. The maximum absolute atomic E-state index is 10.8. The first kappa shape index (κ1) is 14.4. The Labute approximate surface area is 92.8 Å². The molecular formula is C12H24O3. The van der Waals surface area contributed by atoms with Crippen molar-refractivity contribution in [3.05, 3.63) is 0 Å². The standard InChI is InChI=1S/C12H24O3/c1-10(2)9-15-8-6-5-7-12(3,4)11(13)14/h10H,5-9H2,1-4H3,(H,13,14). The molecule has 0 heterocycles. The van der Waals surface area contributed by atoms with Crippen molar-refractivity contribution in [2.45, 2.75) is 47.0 Å². The Morgan fingerprint density at radius 1 is 1.33 bits per heavy atom. The van der Waals surface area contributed by atoms with Crippen LogP contribution in [-0.2, 0) is 9.53 Å². The van der Waals surface area contributed by atoms with Crippen LogP contribution in [0.15, 0.2) is 0 Å². The fourth-order valence-electron chi connectivity index (χ4n) is 1.20. The van der Waals surface area contributed by atoms with Crippen LogP contribution in [0.3, 0.4) is 0 Å². The Kier molecular flexibility index (Phi) is 6.57. The SMILES string of the molecule is CC(C)COCCCCC(C)(C)C(=O)O. The number of hydrogen-bond donors (Lipinski definition) is 1. The number of rotatable bonds is 8. The lowest BCUT2D eigenvalue weighted by Gasteiger charge is -2.18. The summed E-state index contributed by atoms with van der Waals surface area (Å²) in [5.74, 6) is -0.147. The molecule has 0 amide bonds. The maximum atomic E-state index is 10.8. The number of unbranched alkanes of at least 4 members (excludes halogenated alkanes) is 1. The van der Waals surface area contributed by atoms with Crippen molar-refractivity contribution >= 4 is 5.97 Å². The molecule has 90 valence electrons. The quantitative estimate of drug-likeness (QED) is 0.634. The van der Waals surface area contributed by atoms with Gasteiger partial charge in [-0.3, -0.25) is 4.79 Å². The third-order valence-electron chi connectivity index (χ3n) is 2.37. The topological polar surface area (TPSA) is 46.5 Å². The minimum atomic E-state index is -0.717. The van der Waals surface area contributed by atoms with E-state index in [1.807, 2.05) is 0 Å². The Balaban J connectivity index is 3.43. The van der Waals surface area contributed by atoms with Gasteiger partial charge in [-0.15, -0.1) is 0 Å². The van der Waals surface area contributed by atoms with Crippen LogP contribution in [0.1, 0.15) is 47.0 Å². The van der Waals surface area contributed by atoms with Crippen LogP contribution in [0.2, 0.25) is 0 Å². The van der Waals surface area contributed by atoms with E-state index >= 15 is 0 Å². The zero-order chi connectivity index (χ0) is 11.9. The first-order valence-electron chi connectivity index (χ1n) is 5.67. The van der Waals surface area contributed by atoms with Gasteiger partial charge in [0.2, 0.25) is 0 Å². The van der Waals surface area contributed by atoms with Crippen LogP contribution in [0.5, 0.6) is 0 Å². The van der Waals surface area contributed by atoms with Gasteiger partial charge in [0.05, 0.1) is 5.41 Å². The number of carbonyl (C=O) groups is 1. The monoisotopic (exact) mass is 216 g/mol. The summed E-state index contributed by atoms with van der Waals surface area (Å²) >= 11 is 0. The summed E-state index contributed by atoms with van der Waals surface area (Å²) in [7, 11) is 0. The van der Waals surface area contributed by atoms with Crippen molar-refractivity contribution in [2.24, 2.45) is 11.3 Å². The first-order valence-corrected chi connectivity index (χ1v) is 5.67. The molecule has 0 atom stereocenters. The summed E-state index contributed by atoms with van der Waals surface area (Å²) in [6.45, 7) is 9.31. The Hall–Kier alpha value is -0.570. The number of hydrogen-bond acceptors (Lipinski definition) is 2. The van der Waals surface area contributed by atoms with Gasteiger partial charge in [0.15, 0.2) is 0 Å². The van der Waals surface area contributed by atoms with Crippen LogP contribution < -0.4 is 0 Å². The molecule has 0 spiro atoms. The van der Waals surface area contributed by atoms with E-state index in [-0.39, 0.29) is 0 Å². The summed E-state index contributed by atoms with van der Waals surface area (Å²) in [5.41, 5.74) is -0.599. The van der Waals surface area contributed by atoms with Gasteiger partial charge in [0.25, 0.3) is 0 Å². The summed E-state index contributed by atoms with van der Waals surface area (Å²) < 4.78 is 5.42. The Morgan fingerprint density at radius 2 is 1.93 bits per heavy atom. The molecule has 1 N–H and O–H groups in total. The maximum Gasteiger partial charge on any atom is 0.309 e. The summed E-state index contributed by atoms with van der Waals surface area (Å²) in [6.07, 6.45) is 2.58. The molecule has 0 aromatic rings. The van der Waals surface area contributed by atoms with Gasteiger partial charge in [0, 0.05) is 13.2 Å². The first-order chi connectivity index (χ1) is 6.86. The lowest BCUT2D eigenvalue weighted by molar-refractivity contribution is -0.147. The lowest BCUT2D eigenvalue weighted by atomic mass is 9.87. The molecule has 0 radical (unpaired) electrons. The highest BCUT2D eigenvalue weighted by molar-refractivity contribution is 5.73. The smallest absolute Gasteiger partial charge is 0.309 e. The van der Waals surface area contributed by atoms with E-state index in [0.717, 1.165) is 26.1 Å². The highest BCUT2D eigenvalue weighted by Crippen LogP contribution is 2.23. The normalized spacial score (nSPS) is 12.1. The molecule has 0 aromatic carbocycles. The fourth-order valence-corrected chi connectivity index (χ4v) is 1.20. The van der Waals surface area contributed by atoms with Gasteiger partial charge in [-0.1, -0.05) is 20.3 Å². The Morgan fingerprint density at radius 3 is 2.40 bits per heavy atom. The summed E-state index contributed by atoms with van der Waals surface area (Å²) in [6, 6.07) is 0. The molecule has 0 rings (SSSR count). The van der Waals surface area contributed by atoms with Gasteiger partial charge >= 0.3 is 5.97 Å². The van der Waals surface area contributed by atoms with Crippen molar-refractivity contribution < 1.29 is 14.6 Å². The third-order valence-corrected chi connectivity index (χ3v) is 2.37. The molecule has 0 unspecified atom stereocenters. The van der Waals surface area contributed by atoms with Gasteiger partial charge in [-0.2, -0.15) is 0 Å². The number of aliphatic carboxylic acids is 1. The van der Waals surface area contributed by atoms with E-state index < -0.39 is 11.4 Å². The molecule has 0 saturated carbocycles. The molecule has 0 aliphatic carbocycles. The molecule has 0 saturated heterocycles. The van der Waals surface area contributed by atoms with E-state index in [9.17, 15) is 4.79 Å². The number of ether oxygens (including phenoxy) is 1. The van der Waals surface area contributed by atoms with E-state index in [1.54, 1.807) is 13.8 Å². The van der Waals surface area contributed by atoms with Crippen LogP contribution in [0.25, 0.3) is 0 Å². The molecule has 0 aliphatic heterocycles. The average molecular weight is 216 g/mol. The highest BCUT2D eigenvalue weighted by Gasteiger charge is 2.25. The minimum absolute atomic E-state index is 0.570. The summed E-state index contributed by atoms with van der Waals surface area (Å²) in [4.78, 5) is 10.8. The second-order valence-electron chi connectivity index (χ2n) is 5.11. The van der Waals surface area contributed by atoms with Crippen LogP contribution >= 0.6 is 0 Å². The molecule has 0 bridgehead atoms. The van der Waals surface area contributed by atoms with Crippen molar-refractivity contribution in [1.82, 2.24) is 0 Å². The predicted octanol–water partition coefficient (Wildman–Crippen LogP) is 2.94. The van der Waals surface area contributed by atoms with Gasteiger partial charge in [0.1, 0.15) is 0 Å². The van der Waals surface area contributed by atoms with Crippen molar-refractivity contribution in [3.8, 4) is 0 Å². The van der Waals surface area contributed by atoms with Crippen LogP contribution in [0.4, 0.5) is 0 Å². The Bertz CT molecular complexity index is 185. The van der Waals surface area contributed by atoms with Crippen molar-refractivity contribution in [2.75, 3.05) is 13.2 Å². The molecule has 0 aliphatic rings. The molecule has 3 nitrogen and oxygen atoms in total. The number of carboxylic acids is 1. The van der Waals surface area contributed by atoms with Crippen molar-refractivity contribution in [3.63, 3.8) is 0 Å². The zero-order valence-corrected chi connectivity index (χ0v) is 10.4. The van der Waals surface area contributed by atoms with Crippen molar-refractivity contribution in [1.29, 1.82) is 0 Å².